The van der Waals surface area contributed by atoms with E-state index in [4.69, 9.17) is 9.47 Å². The fraction of sp³-hybridized carbons (Fsp3) is 0.158. The fourth-order valence-electron chi connectivity index (χ4n) is 2.70. The minimum atomic E-state index is -0.237. The maximum atomic E-state index is 12.4. The molecule has 0 spiro atoms. The van der Waals surface area contributed by atoms with Crippen LogP contribution in [0.5, 0.6) is 11.5 Å². The predicted octanol–water partition coefficient (Wildman–Crippen LogP) is 3.22. The number of benzene rings is 2. The first kappa shape index (κ1) is 15.3. The minimum Gasteiger partial charge on any atom is -0.454 e. The summed E-state index contributed by atoms with van der Waals surface area (Å²) in [6.07, 6.45) is 1.85. The lowest BCUT2D eigenvalue weighted by atomic mass is 10.1. The zero-order valence-electron chi connectivity index (χ0n) is 13.7. The number of ether oxygens (including phenoxy) is 2. The van der Waals surface area contributed by atoms with Gasteiger partial charge in [-0.1, -0.05) is 24.3 Å². The van der Waals surface area contributed by atoms with Gasteiger partial charge in [-0.05, 0) is 36.2 Å². The van der Waals surface area contributed by atoms with E-state index in [0.29, 0.717) is 29.4 Å². The highest BCUT2D eigenvalue weighted by molar-refractivity contribution is 6.04. The second-order valence-electron chi connectivity index (χ2n) is 5.85. The SMILES string of the molecule is Cc1ccccc1Cn1ccc(NC(=O)c2ccc3c(c2)OCO3)n1. The van der Waals surface area contributed by atoms with E-state index in [1.165, 1.54) is 11.1 Å². The third-order valence-corrected chi connectivity index (χ3v) is 4.11. The number of carbonyl (C=O) groups is 1. The quantitative estimate of drug-likeness (QED) is 0.795. The molecule has 1 amide bonds. The van der Waals surface area contributed by atoms with E-state index in [2.05, 4.69) is 29.5 Å². The maximum Gasteiger partial charge on any atom is 0.257 e. The van der Waals surface area contributed by atoms with Gasteiger partial charge in [-0.2, -0.15) is 5.10 Å². The monoisotopic (exact) mass is 335 g/mol. The van der Waals surface area contributed by atoms with Crippen molar-refractivity contribution >= 4 is 11.7 Å². The number of hydrogen-bond acceptors (Lipinski definition) is 4. The molecule has 4 rings (SSSR count). The number of hydrogen-bond donors (Lipinski definition) is 1. The Morgan fingerprint density at radius 3 is 2.88 bits per heavy atom. The van der Waals surface area contributed by atoms with Crippen molar-refractivity contribution in [2.75, 3.05) is 12.1 Å². The highest BCUT2D eigenvalue weighted by atomic mass is 16.7. The van der Waals surface area contributed by atoms with Crippen LogP contribution in [-0.2, 0) is 6.54 Å². The molecule has 0 saturated heterocycles. The average molecular weight is 335 g/mol. The standard InChI is InChI=1S/C19H17N3O3/c1-13-4-2-3-5-15(13)11-22-9-8-18(21-22)20-19(23)14-6-7-16-17(10-14)25-12-24-16/h2-10H,11-12H2,1H3,(H,20,21,23). The number of rotatable bonds is 4. The number of anilines is 1. The van der Waals surface area contributed by atoms with E-state index >= 15 is 0 Å². The van der Waals surface area contributed by atoms with E-state index in [1.54, 1.807) is 28.9 Å². The number of nitrogens with one attached hydrogen (secondary N) is 1. The largest absolute Gasteiger partial charge is 0.454 e. The number of carbonyl (C=O) groups excluding carboxylic acids is 1. The summed E-state index contributed by atoms with van der Waals surface area (Å²) < 4.78 is 12.4. The molecule has 0 unspecified atom stereocenters. The van der Waals surface area contributed by atoms with Gasteiger partial charge in [0.1, 0.15) is 0 Å². The number of nitrogens with zero attached hydrogens (tertiary/aromatic N) is 2. The van der Waals surface area contributed by atoms with E-state index in [0.717, 1.165) is 0 Å². The average Bonchev–Trinajstić information content (AvgIpc) is 3.25. The molecule has 0 aliphatic carbocycles. The number of aryl methyl sites for hydroxylation is 1. The summed E-state index contributed by atoms with van der Waals surface area (Å²) in [6.45, 7) is 2.91. The number of fused-ring (bicyclic) bond motifs is 1. The molecule has 1 N–H and O–H groups in total. The van der Waals surface area contributed by atoms with E-state index in [1.807, 2.05) is 18.3 Å². The molecule has 6 heteroatoms. The molecule has 6 nitrogen and oxygen atoms in total. The Hall–Kier alpha value is -3.28. The molecular formula is C19H17N3O3. The molecule has 1 aliphatic rings. The molecule has 3 aromatic rings. The molecule has 2 aromatic carbocycles. The Kier molecular flexibility index (Phi) is 3.85. The van der Waals surface area contributed by atoms with Crippen molar-refractivity contribution in [2.24, 2.45) is 0 Å². The van der Waals surface area contributed by atoms with Crippen molar-refractivity contribution in [3.8, 4) is 11.5 Å². The van der Waals surface area contributed by atoms with Crippen molar-refractivity contribution in [1.82, 2.24) is 9.78 Å². The van der Waals surface area contributed by atoms with Gasteiger partial charge in [0.05, 0.1) is 6.54 Å². The summed E-state index contributed by atoms with van der Waals surface area (Å²) >= 11 is 0. The van der Waals surface area contributed by atoms with Gasteiger partial charge in [-0.3, -0.25) is 9.48 Å². The number of amides is 1. The lowest BCUT2D eigenvalue weighted by molar-refractivity contribution is 0.102. The predicted molar refractivity (Wildman–Crippen MR) is 93.0 cm³/mol. The summed E-state index contributed by atoms with van der Waals surface area (Å²) in [7, 11) is 0. The third kappa shape index (κ3) is 3.19. The topological polar surface area (TPSA) is 65.4 Å². The molecule has 126 valence electrons. The first-order valence-electron chi connectivity index (χ1n) is 7.98. The Balaban J connectivity index is 1.46. The Bertz CT molecular complexity index is 933. The van der Waals surface area contributed by atoms with Crippen LogP contribution < -0.4 is 14.8 Å². The van der Waals surface area contributed by atoms with Crippen LogP contribution in [-0.4, -0.2) is 22.5 Å². The Morgan fingerprint density at radius 2 is 2.00 bits per heavy atom. The normalized spacial score (nSPS) is 12.2. The van der Waals surface area contributed by atoms with E-state index < -0.39 is 0 Å². The molecule has 0 radical (unpaired) electrons. The molecule has 0 atom stereocenters. The second kappa shape index (κ2) is 6.32. The molecule has 0 saturated carbocycles. The summed E-state index contributed by atoms with van der Waals surface area (Å²) in [5, 5.41) is 7.22. The van der Waals surface area contributed by atoms with Crippen LogP contribution in [0.3, 0.4) is 0 Å². The van der Waals surface area contributed by atoms with Gasteiger partial charge in [0.25, 0.3) is 5.91 Å². The zero-order chi connectivity index (χ0) is 17.2. The van der Waals surface area contributed by atoms with Crippen LogP contribution in [0.4, 0.5) is 5.82 Å². The summed E-state index contributed by atoms with van der Waals surface area (Å²) in [6, 6.07) is 15.0. The van der Waals surface area contributed by atoms with Crippen molar-refractivity contribution in [3.63, 3.8) is 0 Å². The van der Waals surface area contributed by atoms with Gasteiger partial charge in [-0.15, -0.1) is 0 Å². The van der Waals surface area contributed by atoms with Crippen molar-refractivity contribution < 1.29 is 14.3 Å². The maximum absolute atomic E-state index is 12.4. The van der Waals surface area contributed by atoms with Crippen molar-refractivity contribution in [2.45, 2.75) is 13.5 Å². The summed E-state index contributed by atoms with van der Waals surface area (Å²) in [4.78, 5) is 12.4. The Labute approximate surface area is 145 Å². The van der Waals surface area contributed by atoms with Gasteiger partial charge in [0.2, 0.25) is 6.79 Å². The first-order chi connectivity index (χ1) is 12.2. The van der Waals surface area contributed by atoms with Crippen LogP contribution >= 0.6 is 0 Å². The van der Waals surface area contributed by atoms with E-state index in [9.17, 15) is 4.79 Å². The zero-order valence-corrected chi connectivity index (χ0v) is 13.7. The molecule has 0 bridgehead atoms. The van der Waals surface area contributed by atoms with Crippen LogP contribution in [0.2, 0.25) is 0 Å². The number of aromatic nitrogens is 2. The highest BCUT2D eigenvalue weighted by Gasteiger charge is 2.16. The van der Waals surface area contributed by atoms with Crippen LogP contribution in [0, 0.1) is 6.92 Å². The van der Waals surface area contributed by atoms with Gasteiger partial charge in [0.15, 0.2) is 17.3 Å². The van der Waals surface area contributed by atoms with Crippen LogP contribution in [0.25, 0.3) is 0 Å². The smallest absolute Gasteiger partial charge is 0.257 e. The van der Waals surface area contributed by atoms with Crippen molar-refractivity contribution in [3.05, 3.63) is 71.4 Å². The summed E-state index contributed by atoms with van der Waals surface area (Å²) in [5.41, 5.74) is 2.90. The van der Waals surface area contributed by atoms with Crippen LogP contribution in [0.15, 0.2) is 54.7 Å². The lowest BCUT2D eigenvalue weighted by Gasteiger charge is -2.06. The Morgan fingerprint density at radius 1 is 1.16 bits per heavy atom. The first-order valence-corrected chi connectivity index (χ1v) is 7.98. The van der Waals surface area contributed by atoms with E-state index in [-0.39, 0.29) is 12.7 Å². The lowest BCUT2D eigenvalue weighted by Crippen LogP contribution is -2.13. The van der Waals surface area contributed by atoms with Crippen LogP contribution in [0.1, 0.15) is 21.5 Å². The molecular weight excluding hydrogens is 318 g/mol. The van der Waals surface area contributed by atoms with Crippen molar-refractivity contribution in [1.29, 1.82) is 0 Å². The molecule has 1 aromatic heterocycles. The fourth-order valence-corrected chi connectivity index (χ4v) is 2.70. The van der Waals surface area contributed by atoms with Gasteiger partial charge < -0.3 is 14.8 Å². The third-order valence-electron chi connectivity index (χ3n) is 4.11. The molecule has 25 heavy (non-hydrogen) atoms. The summed E-state index contributed by atoms with van der Waals surface area (Å²) in [5.74, 6) is 1.51. The van der Waals surface area contributed by atoms with Gasteiger partial charge >= 0.3 is 0 Å². The molecule has 0 fully saturated rings. The molecule has 2 heterocycles. The minimum absolute atomic E-state index is 0.184. The van der Waals surface area contributed by atoms with Gasteiger partial charge in [-0.25, -0.2) is 0 Å². The van der Waals surface area contributed by atoms with Gasteiger partial charge in [0, 0.05) is 17.8 Å². The second-order valence-corrected chi connectivity index (χ2v) is 5.85. The molecule has 1 aliphatic heterocycles. The highest BCUT2D eigenvalue weighted by Crippen LogP contribution is 2.32.